The molecule has 0 bridgehead atoms. The largest absolute Gasteiger partial charge is 0.325 e. The van der Waals surface area contributed by atoms with Crippen LogP contribution in [0.25, 0.3) is 0 Å². The van der Waals surface area contributed by atoms with E-state index < -0.39 is 15.9 Å². The van der Waals surface area contributed by atoms with E-state index in [4.69, 9.17) is 23.2 Å². The first kappa shape index (κ1) is 19.7. The lowest BCUT2D eigenvalue weighted by Gasteiger charge is -2.20. The van der Waals surface area contributed by atoms with Crippen molar-refractivity contribution in [1.29, 1.82) is 0 Å². The van der Waals surface area contributed by atoms with Gasteiger partial charge in [0.15, 0.2) is 0 Å². The highest BCUT2D eigenvalue weighted by molar-refractivity contribution is 7.88. The number of hydrogen-bond donors (Lipinski definition) is 1. The standard InChI is InChI=1S/C17H18Cl2N2O3S/c1-12-3-6-15(19)9-16(12)20-17(22)11-21(25(2,23)24)10-13-4-7-14(18)8-5-13/h3-9H,10-11H2,1-2H3,(H,20,22). The molecule has 0 atom stereocenters. The second-order valence-electron chi connectivity index (χ2n) is 5.66. The van der Waals surface area contributed by atoms with Crippen molar-refractivity contribution in [2.24, 2.45) is 0 Å². The number of amides is 1. The van der Waals surface area contributed by atoms with Gasteiger partial charge in [-0.2, -0.15) is 4.31 Å². The second kappa shape index (κ2) is 8.19. The average molecular weight is 401 g/mol. The Morgan fingerprint density at radius 1 is 1.08 bits per heavy atom. The molecule has 0 unspecified atom stereocenters. The average Bonchev–Trinajstić information content (AvgIpc) is 2.51. The molecule has 0 radical (unpaired) electrons. The summed E-state index contributed by atoms with van der Waals surface area (Å²) in [7, 11) is -3.57. The van der Waals surface area contributed by atoms with Crippen LogP contribution in [0.15, 0.2) is 42.5 Å². The molecule has 0 saturated heterocycles. The van der Waals surface area contributed by atoms with Gasteiger partial charge < -0.3 is 5.32 Å². The van der Waals surface area contributed by atoms with Gasteiger partial charge in [-0.25, -0.2) is 8.42 Å². The van der Waals surface area contributed by atoms with Crippen LogP contribution < -0.4 is 5.32 Å². The number of nitrogens with one attached hydrogen (secondary N) is 1. The molecule has 8 heteroatoms. The van der Waals surface area contributed by atoms with Gasteiger partial charge in [0.25, 0.3) is 0 Å². The number of rotatable bonds is 6. The van der Waals surface area contributed by atoms with Crippen LogP contribution in [0, 0.1) is 6.92 Å². The summed E-state index contributed by atoms with van der Waals surface area (Å²) in [5.74, 6) is -0.440. The van der Waals surface area contributed by atoms with Crippen molar-refractivity contribution in [3.63, 3.8) is 0 Å². The normalized spacial score (nSPS) is 11.6. The van der Waals surface area contributed by atoms with Crippen molar-refractivity contribution >= 4 is 44.8 Å². The highest BCUT2D eigenvalue weighted by Crippen LogP contribution is 2.20. The van der Waals surface area contributed by atoms with Crippen molar-refractivity contribution in [3.05, 3.63) is 63.6 Å². The van der Waals surface area contributed by atoms with Crippen molar-refractivity contribution in [1.82, 2.24) is 4.31 Å². The van der Waals surface area contributed by atoms with E-state index in [1.54, 1.807) is 42.5 Å². The topological polar surface area (TPSA) is 66.5 Å². The Balaban J connectivity index is 2.12. The molecule has 1 amide bonds. The lowest BCUT2D eigenvalue weighted by molar-refractivity contribution is -0.116. The van der Waals surface area contributed by atoms with E-state index in [0.29, 0.717) is 15.7 Å². The monoisotopic (exact) mass is 400 g/mol. The molecule has 2 aromatic carbocycles. The molecule has 0 aliphatic rings. The van der Waals surface area contributed by atoms with Gasteiger partial charge in [-0.1, -0.05) is 41.4 Å². The third-order valence-corrected chi connectivity index (χ3v) is 5.22. The summed E-state index contributed by atoms with van der Waals surface area (Å²) in [6.07, 6.45) is 1.07. The van der Waals surface area contributed by atoms with Crippen molar-refractivity contribution in [3.8, 4) is 0 Å². The Morgan fingerprint density at radius 3 is 2.28 bits per heavy atom. The number of halogens is 2. The molecule has 0 aliphatic heterocycles. The Labute approximate surface area is 157 Å². The molecule has 0 aromatic heterocycles. The Morgan fingerprint density at radius 2 is 1.68 bits per heavy atom. The molecule has 2 aromatic rings. The van der Waals surface area contributed by atoms with Gasteiger partial charge in [-0.05, 0) is 42.3 Å². The SMILES string of the molecule is Cc1ccc(Cl)cc1NC(=O)CN(Cc1ccc(Cl)cc1)S(C)(=O)=O. The molecule has 0 aliphatic carbocycles. The summed E-state index contributed by atoms with van der Waals surface area (Å²) in [5.41, 5.74) is 2.13. The molecular formula is C17H18Cl2N2O3S. The zero-order chi connectivity index (χ0) is 18.6. The number of aryl methyl sites for hydroxylation is 1. The van der Waals surface area contributed by atoms with Crippen LogP contribution in [0.2, 0.25) is 10.0 Å². The molecule has 0 saturated carbocycles. The molecule has 1 N–H and O–H groups in total. The highest BCUT2D eigenvalue weighted by Gasteiger charge is 2.21. The molecular weight excluding hydrogens is 383 g/mol. The number of benzene rings is 2. The van der Waals surface area contributed by atoms with Crippen molar-refractivity contribution in [2.75, 3.05) is 18.1 Å². The van der Waals surface area contributed by atoms with Crippen LogP contribution in [0.1, 0.15) is 11.1 Å². The summed E-state index contributed by atoms with van der Waals surface area (Å²) in [6, 6.07) is 11.9. The van der Waals surface area contributed by atoms with E-state index in [2.05, 4.69) is 5.32 Å². The van der Waals surface area contributed by atoms with Gasteiger partial charge in [0.1, 0.15) is 0 Å². The first-order chi connectivity index (χ1) is 11.6. The number of hydrogen-bond acceptors (Lipinski definition) is 3. The maximum Gasteiger partial charge on any atom is 0.239 e. The fourth-order valence-electron chi connectivity index (χ4n) is 2.16. The predicted octanol–water partition coefficient (Wildman–Crippen LogP) is 3.70. The number of anilines is 1. The van der Waals surface area contributed by atoms with Crippen LogP contribution >= 0.6 is 23.2 Å². The minimum Gasteiger partial charge on any atom is -0.325 e. The first-order valence-electron chi connectivity index (χ1n) is 7.41. The van der Waals surface area contributed by atoms with Crippen LogP contribution in [-0.2, 0) is 21.4 Å². The highest BCUT2D eigenvalue weighted by atomic mass is 35.5. The number of sulfonamides is 1. The zero-order valence-corrected chi connectivity index (χ0v) is 16.1. The van der Waals surface area contributed by atoms with Gasteiger partial charge >= 0.3 is 0 Å². The third-order valence-electron chi connectivity index (χ3n) is 3.53. The molecule has 5 nitrogen and oxygen atoms in total. The number of nitrogens with zero attached hydrogens (tertiary/aromatic N) is 1. The van der Waals surface area contributed by atoms with Crippen molar-refractivity contribution < 1.29 is 13.2 Å². The maximum atomic E-state index is 12.3. The van der Waals surface area contributed by atoms with Gasteiger partial charge in [0, 0.05) is 22.3 Å². The van der Waals surface area contributed by atoms with Crippen LogP contribution in [0.5, 0.6) is 0 Å². The lowest BCUT2D eigenvalue weighted by Crippen LogP contribution is -2.37. The fourth-order valence-corrected chi connectivity index (χ4v) is 3.20. The zero-order valence-electron chi connectivity index (χ0n) is 13.8. The summed E-state index contributed by atoms with van der Waals surface area (Å²) in [4.78, 5) is 12.3. The number of carbonyl (C=O) groups excluding carboxylic acids is 1. The quantitative estimate of drug-likeness (QED) is 0.803. The van der Waals surface area contributed by atoms with E-state index in [-0.39, 0.29) is 13.1 Å². The van der Waals surface area contributed by atoms with E-state index in [1.165, 1.54) is 0 Å². The predicted molar refractivity (Wildman–Crippen MR) is 102 cm³/mol. The molecule has 0 fully saturated rings. The summed E-state index contributed by atoms with van der Waals surface area (Å²) >= 11 is 11.8. The van der Waals surface area contributed by atoms with E-state index in [9.17, 15) is 13.2 Å². The number of carbonyl (C=O) groups is 1. The molecule has 2 rings (SSSR count). The maximum absolute atomic E-state index is 12.3. The van der Waals surface area contributed by atoms with Gasteiger partial charge in [-0.3, -0.25) is 4.79 Å². The molecule has 0 heterocycles. The van der Waals surface area contributed by atoms with Gasteiger partial charge in [0.2, 0.25) is 15.9 Å². The van der Waals surface area contributed by atoms with Crippen LogP contribution in [0.4, 0.5) is 5.69 Å². The molecule has 25 heavy (non-hydrogen) atoms. The third kappa shape index (κ3) is 6.01. The molecule has 0 spiro atoms. The molecule has 134 valence electrons. The Bertz CT molecular complexity index is 868. The Hall–Kier alpha value is -1.60. The van der Waals surface area contributed by atoms with Crippen LogP contribution in [0.3, 0.4) is 0 Å². The summed E-state index contributed by atoms with van der Waals surface area (Å²) < 4.78 is 25.1. The smallest absolute Gasteiger partial charge is 0.239 e. The van der Waals surface area contributed by atoms with E-state index in [1.807, 2.05) is 6.92 Å². The minimum absolute atomic E-state index is 0.0813. The lowest BCUT2D eigenvalue weighted by atomic mass is 10.2. The first-order valence-corrected chi connectivity index (χ1v) is 10.0. The van der Waals surface area contributed by atoms with Crippen molar-refractivity contribution in [2.45, 2.75) is 13.5 Å². The second-order valence-corrected chi connectivity index (χ2v) is 8.52. The van der Waals surface area contributed by atoms with Crippen LogP contribution in [-0.4, -0.2) is 31.4 Å². The van der Waals surface area contributed by atoms with E-state index >= 15 is 0 Å². The van der Waals surface area contributed by atoms with Gasteiger partial charge in [0.05, 0.1) is 12.8 Å². The summed E-state index contributed by atoms with van der Waals surface area (Å²) in [6.45, 7) is 1.61. The summed E-state index contributed by atoms with van der Waals surface area (Å²) in [5, 5.41) is 3.74. The minimum atomic E-state index is -3.57. The Kier molecular flexibility index (Phi) is 6.46. The van der Waals surface area contributed by atoms with Gasteiger partial charge in [-0.15, -0.1) is 0 Å². The van der Waals surface area contributed by atoms with E-state index in [0.717, 1.165) is 21.7 Å². The fraction of sp³-hybridized carbons (Fsp3) is 0.235.